The van der Waals surface area contributed by atoms with Crippen LogP contribution in [0.1, 0.15) is 20.3 Å². The summed E-state index contributed by atoms with van der Waals surface area (Å²) in [7, 11) is -2.82. The Morgan fingerprint density at radius 3 is 2.08 bits per heavy atom. The average Bonchev–Trinajstić information content (AvgIpc) is 1.85. The lowest BCUT2D eigenvalue weighted by atomic mass is 10.4. The Hall–Kier alpha value is -0.620. The van der Waals surface area contributed by atoms with Gasteiger partial charge in [-0.15, -0.1) is 0 Å². The van der Waals surface area contributed by atoms with E-state index in [-0.39, 0.29) is 12.3 Å². The van der Waals surface area contributed by atoms with Gasteiger partial charge < -0.3 is 4.90 Å². The maximum Gasteiger partial charge on any atom is 0.286 e. The minimum Gasteiger partial charge on any atom is -0.327 e. The standard InChI is InChI=1S/C6H13NO4S/c1-4-6(12(9,10)11)7(3)5(2)8/h6H,4H2,1-3H3,(H,9,10,11). The Kier molecular flexibility index (Phi) is 3.66. The number of hydrogen-bond acceptors (Lipinski definition) is 3. The second kappa shape index (κ2) is 3.86. The summed E-state index contributed by atoms with van der Waals surface area (Å²) in [4.78, 5) is 11.7. The summed E-state index contributed by atoms with van der Waals surface area (Å²) in [6, 6.07) is 0. The molecule has 1 unspecified atom stereocenters. The molecular formula is C6H13NO4S. The molecule has 72 valence electrons. The molecule has 0 aliphatic rings. The summed E-state index contributed by atoms with van der Waals surface area (Å²) < 4.78 is 30.0. The fraction of sp³-hybridized carbons (Fsp3) is 0.833. The molecule has 0 rings (SSSR count). The van der Waals surface area contributed by atoms with Gasteiger partial charge >= 0.3 is 0 Å². The van der Waals surface area contributed by atoms with Crippen LogP contribution in [0.15, 0.2) is 0 Å². The van der Waals surface area contributed by atoms with Gasteiger partial charge in [-0.05, 0) is 6.42 Å². The highest BCUT2D eigenvalue weighted by Crippen LogP contribution is 2.08. The van der Waals surface area contributed by atoms with Crippen molar-refractivity contribution in [1.29, 1.82) is 0 Å². The third-order valence-corrected chi connectivity index (χ3v) is 2.96. The lowest BCUT2D eigenvalue weighted by Crippen LogP contribution is -2.40. The van der Waals surface area contributed by atoms with Gasteiger partial charge in [0.1, 0.15) is 0 Å². The molecule has 0 aromatic heterocycles. The number of rotatable bonds is 3. The third-order valence-electron chi connectivity index (χ3n) is 1.62. The van der Waals surface area contributed by atoms with Crippen LogP contribution in [0, 0.1) is 0 Å². The van der Waals surface area contributed by atoms with Crippen molar-refractivity contribution < 1.29 is 17.8 Å². The molecule has 0 bridgehead atoms. The topological polar surface area (TPSA) is 74.7 Å². The van der Waals surface area contributed by atoms with Gasteiger partial charge in [0.05, 0.1) is 0 Å². The first kappa shape index (κ1) is 11.4. The van der Waals surface area contributed by atoms with Crippen LogP contribution in [0.3, 0.4) is 0 Å². The van der Waals surface area contributed by atoms with Gasteiger partial charge in [0.25, 0.3) is 10.1 Å². The molecule has 0 saturated carbocycles. The molecule has 0 radical (unpaired) electrons. The van der Waals surface area contributed by atoms with E-state index < -0.39 is 15.5 Å². The molecule has 1 N–H and O–H groups in total. The molecule has 5 nitrogen and oxygen atoms in total. The van der Waals surface area contributed by atoms with Crippen molar-refractivity contribution in [3.8, 4) is 0 Å². The highest BCUT2D eigenvalue weighted by molar-refractivity contribution is 7.86. The van der Waals surface area contributed by atoms with Crippen molar-refractivity contribution in [3.05, 3.63) is 0 Å². The summed E-state index contributed by atoms with van der Waals surface area (Å²) >= 11 is 0. The SMILES string of the molecule is CCC(N(C)C(C)=O)S(=O)(=O)O. The molecule has 1 amide bonds. The van der Waals surface area contributed by atoms with E-state index in [0.717, 1.165) is 4.90 Å². The normalized spacial score (nSPS) is 14.0. The van der Waals surface area contributed by atoms with Gasteiger partial charge in [0.2, 0.25) is 5.91 Å². The van der Waals surface area contributed by atoms with Gasteiger partial charge in [-0.25, -0.2) is 0 Å². The Labute approximate surface area is 72.1 Å². The van der Waals surface area contributed by atoms with Gasteiger partial charge in [-0.1, -0.05) is 6.92 Å². The predicted molar refractivity (Wildman–Crippen MR) is 44.1 cm³/mol. The quantitative estimate of drug-likeness (QED) is 0.647. The maximum atomic E-state index is 10.7. The van der Waals surface area contributed by atoms with Gasteiger partial charge in [-0.3, -0.25) is 9.35 Å². The zero-order valence-electron chi connectivity index (χ0n) is 7.31. The first-order chi connectivity index (χ1) is 5.30. The number of carbonyl (C=O) groups is 1. The second-order valence-electron chi connectivity index (χ2n) is 2.51. The monoisotopic (exact) mass is 195 g/mol. The van der Waals surface area contributed by atoms with E-state index in [9.17, 15) is 13.2 Å². The molecular weight excluding hydrogens is 182 g/mol. The molecule has 0 fully saturated rings. The van der Waals surface area contributed by atoms with Gasteiger partial charge in [0.15, 0.2) is 5.37 Å². The molecule has 6 heteroatoms. The van der Waals surface area contributed by atoms with Crippen LogP contribution in [0.2, 0.25) is 0 Å². The molecule has 0 saturated heterocycles. The van der Waals surface area contributed by atoms with Crippen LogP contribution in [0.5, 0.6) is 0 Å². The van der Waals surface area contributed by atoms with Crippen LogP contribution in [-0.2, 0) is 14.9 Å². The average molecular weight is 195 g/mol. The van der Waals surface area contributed by atoms with E-state index in [1.807, 2.05) is 0 Å². The van der Waals surface area contributed by atoms with Crippen molar-refractivity contribution in [2.75, 3.05) is 7.05 Å². The highest BCUT2D eigenvalue weighted by atomic mass is 32.2. The zero-order valence-corrected chi connectivity index (χ0v) is 8.13. The number of hydrogen-bond donors (Lipinski definition) is 1. The Balaban J connectivity index is 4.70. The fourth-order valence-corrected chi connectivity index (χ4v) is 1.86. The summed E-state index contributed by atoms with van der Waals surface area (Å²) in [6.45, 7) is 2.83. The Morgan fingerprint density at radius 2 is 2.00 bits per heavy atom. The van der Waals surface area contributed by atoms with E-state index in [4.69, 9.17) is 4.55 Å². The van der Waals surface area contributed by atoms with E-state index in [2.05, 4.69) is 0 Å². The smallest absolute Gasteiger partial charge is 0.286 e. The zero-order chi connectivity index (χ0) is 9.94. The Morgan fingerprint density at radius 1 is 1.58 bits per heavy atom. The lowest BCUT2D eigenvalue weighted by molar-refractivity contribution is -0.128. The molecule has 0 heterocycles. The van der Waals surface area contributed by atoms with Crippen molar-refractivity contribution in [2.24, 2.45) is 0 Å². The molecule has 12 heavy (non-hydrogen) atoms. The van der Waals surface area contributed by atoms with Crippen molar-refractivity contribution in [2.45, 2.75) is 25.6 Å². The van der Waals surface area contributed by atoms with Crippen LogP contribution >= 0.6 is 0 Å². The second-order valence-corrected chi connectivity index (χ2v) is 4.08. The maximum absolute atomic E-state index is 10.7. The van der Waals surface area contributed by atoms with Gasteiger partial charge in [-0.2, -0.15) is 8.42 Å². The molecule has 1 atom stereocenters. The van der Waals surface area contributed by atoms with Crippen molar-refractivity contribution >= 4 is 16.0 Å². The van der Waals surface area contributed by atoms with E-state index in [0.29, 0.717) is 0 Å². The minimum atomic E-state index is -4.15. The van der Waals surface area contributed by atoms with Crippen LogP contribution < -0.4 is 0 Å². The molecule has 0 aromatic carbocycles. The number of carbonyl (C=O) groups excluding carboxylic acids is 1. The van der Waals surface area contributed by atoms with Crippen molar-refractivity contribution in [1.82, 2.24) is 4.90 Å². The summed E-state index contributed by atoms with van der Waals surface area (Å²) in [5, 5.41) is -1.13. The van der Waals surface area contributed by atoms with Crippen LogP contribution in [0.25, 0.3) is 0 Å². The third kappa shape index (κ3) is 2.78. The lowest BCUT2D eigenvalue weighted by Gasteiger charge is -2.22. The summed E-state index contributed by atoms with van der Waals surface area (Å²) in [6.07, 6.45) is 0.176. The van der Waals surface area contributed by atoms with E-state index in [1.54, 1.807) is 6.92 Å². The summed E-state index contributed by atoms with van der Waals surface area (Å²) in [5.41, 5.74) is 0. The Bertz CT molecular complexity index is 259. The number of amides is 1. The minimum absolute atomic E-state index is 0.176. The van der Waals surface area contributed by atoms with E-state index >= 15 is 0 Å². The fourth-order valence-electron chi connectivity index (χ4n) is 0.887. The molecule has 0 aliphatic carbocycles. The highest BCUT2D eigenvalue weighted by Gasteiger charge is 2.26. The van der Waals surface area contributed by atoms with Crippen molar-refractivity contribution in [3.63, 3.8) is 0 Å². The van der Waals surface area contributed by atoms with Gasteiger partial charge in [0, 0.05) is 14.0 Å². The van der Waals surface area contributed by atoms with E-state index in [1.165, 1.54) is 14.0 Å². The molecule has 0 aliphatic heterocycles. The first-order valence-electron chi connectivity index (χ1n) is 3.50. The predicted octanol–water partition coefficient (Wildman–Crippen LogP) is 0.0886. The largest absolute Gasteiger partial charge is 0.327 e. The number of nitrogens with zero attached hydrogens (tertiary/aromatic N) is 1. The van der Waals surface area contributed by atoms with Crippen LogP contribution in [-0.4, -0.2) is 36.2 Å². The molecule has 0 aromatic rings. The molecule has 0 spiro atoms. The summed E-state index contributed by atoms with van der Waals surface area (Å²) in [5.74, 6) is -0.389. The first-order valence-corrected chi connectivity index (χ1v) is 5.00. The van der Waals surface area contributed by atoms with Crippen LogP contribution in [0.4, 0.5) is 0 Å².